The van der Waals surface area contributed by atoms with Crippen molar-refractivity contribution in [2.75, 3.05) is 19.6 Å². The van der Waals surface area contributed by atoms with E-state index in [4.69, 9.17) is 0 Å². The van der Waals surface area contributed by atoms with Gasteiger partial charge in [0.05, 0.1) is 12.2 Å². The molecular weight excluding hydrogens is 202 g/mol. The molecule has 0 saturated heterocycles. The van der Waals surface area contributed by atoms with Crippen LogP contribution >= 0.6 is 0 Å². The molecule has 0 saturated carbocycles. The molecule has 3 atom stereocenters. The Labute approximate surface area is 98.8 Å². The number of aliphatic hydroxyl groups is 2. The second-order valence-electron chi connectivity index (χ2n) is 5.07. The molecule has 1 rings (SSSR count). The summed E-state index contributed by atoms with van der Waals surface area (Å²) in [6, 6.07) is 0. The Hall–Kier alpha value is -0.380. The van der Waals surface area contributed by atoms with E-state index >= 15 is 0 Å². The quantitative estimate of drug-likeness (QED) is 0.674. The molecule has 0 aromatic carbocycles. The fourth-order valence-electron chi connectivity index (χ4n) is 2.36. The minimum absolute atomic E-state index is 0.321. The van der Waals surface area contributed by atoms with Crippen LogP contribution < -0.4 is 0 Å². The molecule has 0 fully saturated rings. The smallest absolute Gasteiger partial charge is 0.0639 e. The van der Waals surface area contributed by atoms with Gasteiger partial charge in [0, 0.05) is 19.6 Å². The molecule has 1 aliphatic carbocycles. The summed E-state index contributed by atoms with van der Waals surface area (Å²) in [6.07, 6.45) is 7.38. The van der Waals surface area contributed by atoms with Crippen molar-refractivity contribution in [2.45, 2.75) is 45.3 Å². The Kier molecular flexibility index (Phi) is 6.03. The van der Waals surface area contributed by atoms with Crippen molar-refractivity contribution >= 4 is 0 Å². The number of rotatable bonds is 6. The Morgan fingerprint density at radius 2 is 1.81 bits per heavy atom. The first-order valence-electron chi connectivity index (χ1n) is 6.31. The fourth-order valence-corrected chi connectivity index (χ4v) is 2.36. The first-order valence-corrected chi connectivity index (χ1v) is 6.31. The summed E-state index contributed by atoms with van der Waals surface area (Å²) in [5.74, 6) is 0.683. The van der Waals surface area contributed by atoms with E-state index in [0.29, 0.717) is 19.0 Å². The highest BCUT2D eigenvalue weighted by atomic mass is 16.3. The SMILES string of the molecule is C[C@H](O)CN(C[C@H]1CC=CCC1)C[C@@H](C)O. The first-order chi connectivity index (χ1) is 7.58. The van der Waals surface area contributed by atoms with Crippen molar-refractivity contribution in [2.24, 2.45) is 5.92 Å². The van der Waals surface area contributed by atoms with Crippen molar-refractivity contribution in [3.63, 3.8) is 0 Å². The van der Waals surface area contributed by atoms with Gasteiger partial charge >= 0.3 is 0 Å². The maximum absolute atomic E-state index is 9.43. The third kappa shape index (κ3) is 5.64. The predicted molar refractivity (Wildman–Crippen MR) is 66.3 cm³/mol. The van der Waals surface area contributed by atoms with E-state index < -0.39 is 0 Å². The molecule has 3 heteroatoms. The lowest BCUT2D eigenvalue weighted by Crippen LogP contribution is -2.39. The van der Waals surface area contributed by atoms with Gasteiger partial charge < -0.3 is 10.2 Å². The van der Waals surface area contributed by atoms with Crippen LogP contribution in [0.15, 0.2) is 12.2 Å². The van der Waals surface area contributed by atoms with Crippen LogP contribution in [0.2, 0.25) is 0 Å². The van der Waals surface area contributed by atoms with E-state index in [-0.39, 0.29) is 12.2 Å². The van der Waals surface area contributed by atoms with Gasteiger partial charge in [0.1, 0.15) is 0 Å². The summed E-state index contributed by atoms with van der Waals surface area (Å²) in [4.78, 5) is 2.18. The van der Waals surface area contributed by atoms with Gasteiger partial charge in [-0.25, -0.2) is 0 Å². The number of nitrogens with zero attached hydrogens (tertiary/aromatic N) is 1. The lowest BCUT2D eigenvalue weighted by Gasteiger charge is -2.29. The van der Waals surface area contributed by atoms with Gasteiger partial charge in [-0.1, -0.05) is 12.2 Å². The third-order valence-electron chi connectivity index (χ3n) is 2.94. The van der Waals surface area contributed by atoms with Gasteiger partial charge in [-0.2, -0.15) is 0 Å². The monoisotopic (exact) mass is 227 g/mol. The van der Waals surface area contributed by atoms with E-state index in [2.05, 4.69) is 17.1 Å². The van der Waals surface area contributed by atoms with Crippen LogP contribution in [0.1, 0.15) is 33.1 Å². The maximum atomic E-state index is 9.43. The molecule has 0 spiro atoms. The van der Waals surface area contributed by atoms with Crippen LogP contribution in [0, 0.1) is 5.92 Å². The molecule has 16 heavy (non-hydrogen) atoms. The van der Waals surface area contributed by atoms with Crippen molar-refractivity contribution in [1.29, 1.82) is 0 Å². The van der Waals surface area contributed by atoms with E-state index in [1.807, 2.05) is 0 Å². The number of aliphatic hydroxyl groups excluding tert-OH is 2. The Morgan fingerprint density at radius 3 is 2.25 bits per heavy atom. The molecule has 94 valence electrons. The summed E-state index contributed by atoms with van der Waals surface area (Å²) in [7, 11) is 0. The largest absolute Gasteiger partial charge is 0.392 e. The normalized spacial score (nSPS) is 24.7. The highest BCUT2D eigenvalue weighted by molar-refractivity contribution is 4.91. The highest BCUT2D eigenvalue weighted by Gasteiger charge is 2.17. The summed E-state index contributed by atoms with van der Waals surface area (Å²) in [6.45, 7) is 5.90. The Balaban J connectivity index is 2.38. The number of allylic oxidation sites excluding steroid dienone is 2. The second kappa shape index (κ2) is 7.05. The zero-order chi connectivity index (χ0) is 12.0. The molecule has 2 N–H and O–H groups in total. The average molecular weight is 227 g/mol. The maximum Gasteiger partial charge on any atom is 0.0639 e. The standard InChI is InChI=1S/C13H25NO2/c1-11(15)8-14(9-12(2)16)10-13-6-4-3-5-7-13/h3-4,11-13,15-16H,5-10H2,1-2H3/t11-,12+,13-/m0/s1. The molecule has 0 aromatic heterocycles. The Morgan fingerprint density at radius 1 is 1.19 bits per heavy atom. The zero-order valence-corrected chi connectivity index (χ0v) is 10.5. The predicted octanol–water partition coefficient (Wildman–Crippen LogP) is 1.41. The highest BCUT2D eigenvalue weighted by Crippen LogP contribution is 2.19. The van der Waals surface area contributed by atoms with Crippen LogP contribution in [-0.4, -0.2) is 47.0 Å². The summed E-state index contributed by atoms with van der Waals surface area (Å²) in [5, 5.41) is 18.9. The molecule has 0 radical (unpaired) electrons. The van der Waals surface area contributed by atoms with Crippen molar-refractivity contribution in [3.05, 3.63) is 12.2 Å². The fraction of sp³-hybridized carbons (Fsp3) is 0.846. The van der Waals surface area contributed by atoms with Gasteiger partial charge in [0.15, 0.2) is 0 Å². The van der Waals surface area contributed by atoms with E-state index in [0.717, 1.165) is 13.0 Å². The van der Waals surface area contributed by atoms with Crippen molar-refractivity contribution in [1.82, 2.24) is 4.90 Å². The average Bonchev–Trinajstić information content (AvgIpc) is 2.16. The molecule has 0 bridgehead atoms. The molecule has 0 amide bonds. The number of hydrogen-bond acceptors (Lipinski definition) is 3. The van der Waals surface area contributed by atoms with Crippen LogP contribution in [-0.2, 0) is 0 Å². The van der Waals surface area contributed by atoms with Gasteiger partial charge in [-0.05, 0) is 39.0 Å². The topological polar surface area (TPSA) is 43.7 Å². The lowest BCUT2D eigenvalue weighted by molar-refractivity contribution is 0.0728. The van der Waals surface area contributed by atoms with E-state index in [1.54, 1.807) is 13.8 Å². The van der Waals surface area contributed by atoms with E-state index in [9.17, 15) is 10.2 Å². The minimum atomic E-state index is -0.321. The van der Waals surface area contributed by atoms with Gasteiger partial charge in [-0.3, -0.25) is 4.90 Å². The number of hydrogen-bond donors (Lipinski definition) is 2. The molecule has 0 aliphatic heterocycles. The van der Waals surface area contributed by atoms with E-state index in [1.165, 1.54) is 12.8 Å². The molecule has 0 aromatic rings. The van der Waals surface area contributed by atoms with Crippen molar-refractivity contribution < 1.29 is 10.2 Å². The molecule has 0 heterocycles. The molecular formula is C13H25NO2. The molecule has 0 unspecified atom stereocenters. The second-order valence-corrected chi connectivity index (χ2v) is 5.07. The first kappa shape index (κ1) is 13.7. The van der Waals surface area contributed by atoms with Gasteiger partial charge in [0.2, 0.25) is 0 Å². The minimum Gasteiger partial charge on any atom is -0.392 e. The molecule has 1 aliphatic rings. The lowest BCUT2D eigenvalue weighted by atomic mass is 9.94. The van der Waals surface area contributed by atoms with Crippen molar-refractivity contribution in [3.8, 4) is 0 Å². The third-order valence-corrected chi connectivity index (χ3v) is 2.94. The van der Waals surface area contributed by atoms with Crippen LogP contribution in [0.4, 0.5) is 0 Å². The van der Waals surface area contributed by atoms with Gasteiger partial charge in [-0.15, -0.1) is 0 Å². The van der Waals surface area contributed by atoms with Crippen LogP contribution in [0.5, 0.6) is 0 Å². The van der Waals surface area contributed by atoms with Crippen LogP contribution in [0.25, 0.3) is 0 Å². The summed E-state index contributed by atoms with van der Waals surface area (Å²) in [5.41, 5.74) is 0. The summed E-state index contributed by atoms with van der Waals surface area (Å²) < 4.78 is 0. The Bertz CT molecular complexity index is 204. The van der Waals surface area contributed by atoms with Gasteiger partial charge in [0.25, 0.3) is 0 Å². The van der Waals surface area contributed by atoms with Crippen LogP contribution in [0.3, 0.4) is 0 Å². The summed E-state index contributed by atoms with van der Waals surface area (Å²) >= 11 is 0. The molecule has 3 nitrogen and oxygen atoms in total. The zero-order valence-electron chi connectivity index (χ0n) is 10.5.